The summed E-state index contributed by atoms with van der Waals surface area (Å²) < 4.78 is 0. The zero-order valence-electron chi connectivity index (χ0n) is 14.0. The Morgan fingerprint density at radius 2 is 1.77 bits per heavy atom. The van der Waals surface area contributed by atoms with Crippen molar-refractivity contribution in [2.24, 2.45) is 0 Å². The van der Waals surface area contributed by atoms with Crippen LogP contribution in [-0.2, 0) is 6.54 Å². The fourth-order valence-corrected chi connectivity index (χ4v) is 3.23. The van der Waals surface area contributed by atoms with Crippen molar-refractivity contribution in [1.82, 2.24) is 10.2 Å². The predicted octanol–water partition coefficient (Wildman–Crippen LogP) is 4.02. The third kappa shape index (κ3) is 4.83. The lowest BCUT2D eigenvalue weighted by molar-refractivity contribution is 0.296. The van der Waals surface area contributed by atoms with Crippen molar-refractivity contribution < 1.29 is 0 Å². The van der Waals surface area contributed by atoms with Crippen molar-refractivity contribution in [2.75, 3.05) is 13.1 Å². The molecule has 0 aliphatic heterocycles. The molecule has 1 aliphatic carbocycles. The Kier molecular flexibility index (Phi) is 6.89. The van der Waals surface area contributed by atoms with E-state index in [0.29, 0.717) is 6.04 Å². The molecule has 3 heteroatoms. The normalized spacial score (nSPS) is 17.4. The minimum Gasteiger partial charge on any atom is -0.300 e. The van der Waals surface area contributed by atoms with Gasteiger partial charge in [-0.2, -0.15) is 5.26 Å². The van der Waals surface area contributed by atoms with Crippen LogP contribution in [0.4, 0.5) is 0 Å². The van der Waals surface area contributed by atoms with E-state index in [1.807, 2.05) is 0 Å². The van der Waals surface area contributed by atoms with Gasteiger partial charge in [0.05, 0.1) is 6.07 Å². The molecule has 120 valence electrons. The van der Waals surface area contributed by atoms with E-state index in [0.717, 1.165) is 25.2 Å². The van der Waals surface area contributed by atoms with Gasteiger partial charge in [-0.1, -0.05) is 57.4 Å². The van der Waals surface area contributed by atoms with Crippen LogP contribution in [0.3, 0.4) is 0 Å². The Balaban J connectivity index is 1.96. The number of nitrogens with one attached hydrogen (secondary N) is 1. The molecule has 0 aromatic heterocycles. The van der Waals surface area contributed by atoms with Gasteiger partial charge >= 0.3 is 0 Å². The average molecular weight is 299 g/mol. The second kappa shape index (κ2) is 8.92. The van der Waals surface area contributed by atoms with Crippen LogP contribution in [0.25, 0.3) is 0 Å². The molecule has 0 radical (unpaired) electrons. The Labute approximate surface area is 135 Å². The van der Waals surface area contributed by atoms with Crippen molar-refractivity contribution >= 4 is 0 Å². The highest BCUT2D eigenvalue weighted by molar-refractivity contribution is 5.28. The molecule has 1 atom stereocenters. The second-order valence-corrected chi connectivity index (χ2v) is 6.27. The number of hydrogen-bond donors (Lipinski definition) is 1. The summed E-state index contributed by atoms with van der Waals surface area (Å²) in [6.07, 6.45) is 6.34. The number of rotatable bonds is 7. The highest BCUT2D eigenvalue weighted by Gasteiger charge is 2.18. The average Bonchev–Trinajstić information content (AvgIpc) is 2.59. The van der Waals surface area contributed by atoms with E-state index in [1.165, 1.54) is 37.7 Å². The van der Waals surface area contributed by atoms with E-state index in [2.05, 4.69) is 54.4 Å². The van der Waals surface area contributed by atoms with Gasteiger partial charge in [0.1, 0.15) is 6.04 Å². The van der Waals surface area contributed by atoms with Crippen LogP contribution in [0, 0.1) is 11.3 Å². The number of hydrogen-bond acceptors (Lipinski definition) is 3. The van der Waals surface area contributed by atoms with E-state index in [9.17, 15) is 5.26 Å². The van der Waals surface area contributed by atoms with E-state index in [-0.39, 0.29) is 6.04 Å². The molecule has 1 aromatic rings. The molecule has 1 N–H and O–H groups in total. The van der Waals surface area contributed by atoms with Crippen LogP contribution in [0.2, 0.25) is 0 Å². The topological polar surface area (TPSA) is 39.1 Å². The van der Waals surface area contributed by atoms with Crippen LogP contribution < -0.4 is 5.32 Å². The minimum absolute atomic E-state index is 0.175. The summed E-state index contributed by atoms with van der Waals surface area (Å²) in [5.41, 5.74) is 2.41. The molecular weight excluding hydrogens is 270 g/mol. The number of benzene rings is 1. The summed E-state index contributed by atoms with van der Waals surface area (Å²) in [5, 5.41) is 13.0. The van der Waals surface area contributed by atoms with Gasteiger partial charge < -0.3 is 0 Å². The highest BCUT2D eigenvalue weighted by Crippen LogP contribution is 2.22. The van der Waals surface area contributed by atoms with Crippen LogP contribution in [0.15, 0.2) is 24.3 Å². The van der Waals surface area contributed by atoms with Crippen LogP contribution >= 0.6 is 0 Å². The fraction of sp³-hybridized carbons (Fsp3) is 0.632. The van der Waals surface area contributed by atoms with Gasteiger partial charge in [-0.05, 0) is 37.1 Å². The zero-order valence-corrected chi connectivity index (χ0v) is 14.0. The molecule has 1 fully saturated rings. The SMILES string of the molecule is CCN(CC)Cc1ccc(C(C#N)NC2CCCCC2)cc1. The van der Waals surface area contributed by atoms with Gasteiger partial charge in [-0.3, -0.25) is 10.2 Å². The van der Waals surface area contributed by atoms with E-state index in [1.54, 1.807) is 0 Å². The second-order valence-electron chi connectivity index (χ2n) is 6.27. The molecule has 0 amide bonds. The number of nitrogens with zero attached hydrogens (tertiary/aromatic N) is 2. The molecule has 1 aromatic carbocycles. The molecule has 1 aliphatic rings. The molecule has 22 heavy (non-hydrogen) atoms. The fourth-order valence-electron chi connectivity index (χ4n) is 3.23. The van der Waals surface area contributed by atoms with Gasteiger partial charge in [-0.25, -0.2) is 0 Å². The molecule has 0 heterocycles. The summed E-state index contributed by atoms with van der Waals surface area (Å²) in [4.78, 5) is 2.40. The summed E-state index contributed by atoms with van der Waals surface area (Å²) >= 11 is 0. The first-order valence-electron chi connectivity index (χ1n) is 8.73. The molecule has 0 spiro atoms. The Morgan fingerprint density at radius 3 is 2.32 bits per heavy atom. The third-order valence-corrected chi connectivity index (χ3v) is 4.75. The summed E-state index contributed by atoms with van der Waals surface area (Å²) in [5.74, 6) is 0. The first kappa shape index (κ1) is 17.0. The molecule has 1 saturated carbocycles. The van der Waals surface area contributed by atoms with Crippen LogP contribution in [0.5, 0.6) is 0 Å². The van der Waals surface area contributed by atoms with E-state index >= 15 is 0 Å². The maximum atomic E-state index is 9.48. The molecule has 1 unspecified atom stereocenters. The number of nitriles is 1. The third-order valence-electron chi connectivity index (χ3n) is 4.75. The van der Waals surface area contributed by atoms with Gasteiger partial charge in [0.25, 0.3) is 0 Å². The zero-order chi connectivity index (χ0) is 15.8. The van der Waals surface area contributed by atoms with Gasteiger partial charge in [0.15, 0.2) is 0 Å². The van der Waals surface area contributed by atoms with Crippen LogP contribution in [-0.4, -0.2) is 24.0 Å². The molecular formula is C19H29N3. The standard InChI is InChI=1S/C19H29N3/c1-3-22(4-2)15-16-10-12-17(13-11-16)19(14-20)21-18-8-6-5-7-9-18/h10-13,18-19,21H,3-9,15H2,1-2H3. The quantitative estimate of drug-likeness (QED) is 0.826. The monoisotopic (exact) mass is 299 g/mol. The highest BCUT2D eigenvalue weighted by atomic mass is 15.1. The Hall–Kier alpha value is -1.37. The van der Waals surface area contributed by atoms with E-state index < -0.39 is 0 Å². The maximum absolute atomic E-state index is 9.48. The molecule has 0 saturated heterocycles. The first-order valence-corrected chi connectivity index (χ1v) is 8.73. The Bertz CT molecular complexity index is 464. The molecule has 3 nitrogen and oxygen atoms in total. The van der Waals surface area contributed by atoms with Gasteiger partial charge in [-0.15, -0.1) is 0 Å². The van der Waals surface area contributed by atoms with E-state index in [4.69, 9.17) is 0 Å². The summed E-state index contributed by atoms with van der Waals surface area (Å²) in [6, 6.07) is 11.3. The maximum Gasteiger partial charge on any atom is 0.121 e. The van der Waals surface area contributed by atoms with Crippen molar-refractivity contribution in [3.63, 3.8) is 0 Å². The van der Waals surface area contributed by atoms with Crippen molar-refractivity contribution in [3.05, 3.63) is 35.4 Å². The van der Waals surface area contributed by atoms with Gasteiger partial charge in [0.2, 0.25) is 0 Å². The van der Waals surface area contributed by atoms with Crippen LogP contribution in [0.1, 0.15) is 63.1 Å². The molecule has 0 bridgehead atoms. The minimum atomic E-state index is -0.175. The van der Waals surface area contributed by atoms with Crippen molar-refractivity contribution in [2.45, 2.75) is 64.6 Å². The lowest BCUT2D eigenvalue weighted by atomic mass is 9.94. The predicted molar refractivity (Wildman–Crippen MR) is 91.4 cm³/mol. The van der Waals surface area contributed by atoms with Crippen molar-refractivity contribution in [1.29, 1.82) is 5.26 Å². The summed E-state index contributed by atoms with van der Waals surface area (Å²) in [6.45, 7) is 7.51. The van der Waals surface area contributed by atoms with Crippen molar-refractivity contribution in [3.8, 4) is 6.07 Å². The largest absolute Gasteiger partial charge is 0.300 e. The Morgan fingerprint density at radius 1 is 1.14 bits per heavy atom. The first-order chi connectivity index (χ1) is 10.8. The smallest absolute Gasteiger partial charge is 0.121 e. The molecule has 2 rings (SSSR count). The lowest BCUT2D eigenvalue weighted by Crippen LogP contribution is -2.33. The lowest BCUT2D eigenvalue weighted by Gasteiger charge is -2.25. The summed E-state index contributed by atoms with van der Waals surface area (Å²) in [7, 11) is 0. The van der Waals surface area contributed by atoms with Gasteiger partial charge in [0, 0.05) is 12.6 Å².